The van der Waals surface area contributed by atoms with Crippen LogP contribution in [0.3, 0.4) is 0 Å². The fourth-order valence-electron chi connectivity index (χ4n) is 3.02. The van der Waals surface area contributed by atoms with Crippen molar-refractivity contribution in [2.24, 2.45) is 5.92 Å². The normalized spacial score (nSPS) is 36.2. The summed E-state index contributed by atoms with van der Waals surface area (Å²) in [5.74, 6) is -2.71. The Balaban J connectivity index is 2.37. The first-order chi connectivity index (χ1) is 8.92. The zero-order chi connectivity index (χ0) is 15.5. The average molecular weight is 326 g/mol. The van der Waals surface area contributed by atoms with Gasteiger partial charge in [-0.15, -0.1) is 11.6 Å². The molecule has 1 saturated heterocycles. The first-order valence-electron chi connectivity index (χ1n) is 5.64. The Kier molecular flexibility index (Phi) is 3.45. The number of rotatable bonds is 1. The Bertz CT molecular complexity index is 409. The molecule has 0 amide bonds. The molecule has 0 unspecified atom stereocenters. The second kappa shape index (κ2) is 4.40. The van der Waals surface area contributed by atoms with Crippen LogP contribution in [0.5, 0.6) is 0 Å². The van der Waals surface area contributed by atoms with Gasteiger partial charge in [0.2, 0.25) is 5.54 Å². The molecular weight excluding hydrogens is 316 g/mol. The molecule has 2 bridgehead atoms. The maximum absolute atomic E-state index is 13.0. The summed E-state index contributed by atoms with van der Waals surface area (Å²) < 4.78 is 82.6. The molecule has 2 fully saturated rings. The summed E-state index contributed by atoms with van der Waals surface area (Å²) in [7, 11) is 0. The molecule has 0 radical (unpaired) electrons. The van der Waals surface area contributed by atoms with E-state index in [9.17, 15) is 31.1 Å². The summed E-state index contributed by atoms with van der Waals surface area (Å²) in [4.78, 5) is 10.8. The third-order valence-electron chi connectivity index (χ3n) is 3.78. The van der Waals surface area contributed by atoms with Crippen LogP contribution < -0.4 is 5.32 Å². The van der Waals surface area contributed by atoms with Crippen LogP contribution in [0.4, 0.5) is 26.3 Å². The molecule has 4 atom stereocenters. The molecule has 10 heteroatoms. The van der Waals surface area contributed by atoms with Crippen molar-refractivity contribution < 1.29 is 35.9 Å². The quantitative estimate of drug-likeness (QED) is 0.457. The van der Waals surface area contributed by atoms with Gasteiger partial charge in [-0.05, 0) is 6.42 Å². The summed E-state index contributed by atoms with van der Waals surface area (Å²) in [6.45, 7) is 1.02. The van der Waals surface area contributed by atoms with Gasteiger partial charge < -0.3 is 4.74 Å². The number of hydrogen-bond donors (Lipinski definition) is 1. The monoisotopic (exact) mass is 325 g/mol. The van der Waals surface area contributed by atoms with Gasteiger partial charge in [-0.2, -0.15) is 26.3 Å². The molecule has 1 heterocycles. The average Bonchev–Trinajstić information content (AvgIpc) is 2.66. The highest BCUT2D eigenvalue weighted by Crippen LogP contribution is 2.58. The Morgan fingerprint density at radius 1 is 1.25 bits per heavy atom. The van der Waals surface area contributed by atoms with Crippen LogP contribution in [-0.2, 0) is 9.53 Å². The SMILES string of the molecule is CC(=O)O[C@H]1C[C@H]2[C@H](Cl)[C@@H]1NC2(C(F)(F)F)C(F)(F)F. The van der Waals surface area contributed by atoms with Crippen LogP contribution in [-0.4, -0.2) is 41.4 Å². The first kappa shape index (κ1) is 15.7. The highest BCUT2D eigenvalue weighted by molar-refractivity contribution is 6.22. The molecule has 20 heavy (non-hydrogen) atoms. The molecule has 3 nitrogen and oxygen atoms in total. The molecule has 1 aliphatic heterocycles. The number of halogens is 7. The van der Waals surface area contributed by atoms with Crippen molar-refractivity contribution in [1.29, 1.82) is 0 Å². The number of fused-ring (bicyclic) bond motifs is 2. The molecule has 1 saturated carbocycles. The van der Waals surface area contributed by atoms with Crippen LogP contribution >= 0.6 is 11.6 Å². The largest absolute Gasteiger partial charge is 0.461 e. The molecule has 0 spiro atoms. The topological polar surface area (TPSA) is 38.3 Å². The third kappa shape index (κ3) is 1.97. The zero-order valence-corrected chi connectivity index (χ0v) is 10.7. The van der Waals surface area contributed by atoms with Crippen LogP contribution in [0.25, 0.3) is 0 Å². The summed E-state index contributed by atoms with van der Waals surface area (Å²) >= 11 is 5.70. The van der Waals surface area contributed by atoms with E-state index in [-0.39, 0.29) is 0 Å². The molecular formula is C10H10ClF6NO2. The van der Waals surface area contributed by atoms with Crippen LogP contribution in [0.15, 0.2) is 0 Å². The lowest BCUT2D eigenvalue weighted by molar-refractivity contribution is -0.320. The van der Waals surface area contributed by atoms with E-state index >= 15 is 0 Å². The van der Waals surface area contributed by atoms with Gasteiger partial charge in [0.05, 0.1) is 11.4 Å². The van der Waals surface area contributed by atoms with E-state index in [4.69, 9.17) is 16.3 Å². The van der Waals surface area contributed by atoms with E-state index in [0.717, 1.165) is 6.92 Å². The highest BCUT2D eigenvalue weighted by atomic mass is 35.5. The number of piperidine rings is 1. The van der Waals surface area contributed by atoms with E-state index in [2.05, 4.69) is 0 Å². The van der Waals surface area contributed by atoms with Gasteiger partial charge in [-0.25, -0.2) is 0 Å². The second-order valence-electron chi connectivity index (χ2n) is 4.91. The van der Waals surface area contributed by atoms with E-state index in [1.54, 1.807) is 0 Å². The van der Waals surface area contributed by atoms with Crippen molar-refractivity contribution in [1.82, 2.24) is 5.32 Å². The maximum atomic E-state index is 13.0. The molecule has 0 aromatic carbocycles. The van der Waals surface area contributed by atoms with E-state index in [0.29, 0.717) is 0 Å². The Labute approximate surface area is 114 Å². The van der Waals surface area contributed by atoms with Gasteiger partial charge >= 0.3 is 18.3 Å². The molecule has 2 aliphatic rings. The van der Waals surface area contributed by atoms with Gasteiger partial charge in [-0.1, -0.05) is 0 Å². The zero-order valence-electron chi connectivity index (χ0n) is 9.98. The van der Waals surface area contributed by atoms with Crippen LogP contribution in [0.1, 0.15) is 13.3 Å². The van der Waals surface area contributed by atoms with Gasteiger partial charge in [0, 0.05) is 12.8 Å². The lowest BCUT2D eigenvalue weighted by Gasteiger charge is -2.42. The number of ether oxygens (including phenoxy) is 1. The minimum Gasteiger partial charge on any atom is -0.461 e. The molecule has 0 aromatic rings. The van der Waals surface area contributed by atoms with Crippen molar-refractivity contribution in [2.75, 3.05) is 0 Å². The number of carbonyl (C=O) groups is 1. The number of esters is 1. The van der Waals surface area contributed by atoms with Crippen molar-refractivity contribution in [3.8, 4) is 0 Å². The van der Waals surface area contributed by atoms with Crippen molar-refractivity contribution in [2.45, 2.75) is 48.8 Å². The predicted octanol–water partition coefficient (Wildman–Crippen LogP) is 2.38. The van der Waals surface area contributed by atoms with E-state index in [1.807, 2.05) is 0 Å². The lowest BCUT2D eigenvalue weighted by atomic mass is 9.82. The minimum atomic E-state index is -5.54. The number of hydrogen-bond acceptors (Lipinski definition) is 3. The van der Waals surface area contributed by atoms with Gasteiger partial charge in [0.15, 0.2) is 0 Å². The smallest absolute Gasteiger partial charge is 0.415 e. The molecule has 2 rings (SSSR count). The van der Waals surface area contributed by atoms with Gasteiger partial charge in [-0.3, -0.25) is 10.1 Å². The fourth-order valence-corrected chi connectivity index (χ4v) is 3.54. The number of carbonyl (C=O) groups excluding carboxylic acids is 1. The summed E-state index contributed by atoms with van der Waals surface area (Å²) in [6, 6.07) is -1.38. The molecule has 0 aromatic heterocycles. The Morgan fingerprint density at radius 2 is 1.75 bits per heavy atom. The highest BCUT2D eigenvalue weighted by Gasteiger charge is 2.81. The summed E-state index contributed by atoms with van der Waals surface area (Å²) in [5.41, 5.74) is -4.05. The molecule has 1 N–H and O–H groups in total. The lowest BCUT2D eigenvalue weighted by Crippen LogP contribution is -2.70. The molecule has 116 valence electrons. The Hall–Kier alpha value is -0.700. The minimum absolute atomic E-state index is 0.579. The van der Waals surface area contributed by atoms with Crippen molar-refractivity contribution in [3.05, 3.63) is 0 Å². The van der Waals surface area contributed by atoms with E-state index < -0.39 is 53.7 Å². The van der Waals surface area contributed by atoms with Crippen molar-refractivity contribution >= 4 is 17.6 Å². The second-order valence-corrected chi connectivity index (χ2v) is 5.41. The van der Waals surface area contributed by atoms with Gasteiger partial charge in [0.1, 0.15) is 6.10 Å². The third-order valence-corrected chi connectivity index (χ3v) is 4.35. The molecule has 1 aliphatic carbocycles. The van der Waals surface area contributed by atoms with Crippen LogP contribution in [0.2, 0.25) is 0 Å². The standard InChI is InChI=1S/C10H10ClF6NO2/c1-3(19)20-5-2-4-6(11)7(5)18-8(4,9(12,13)14)10(15,16)17/h4-7,18H,2H2,1H3/t4-,5-,6-,7+/m0/s1. The summed E-state index contributed by atoms with van der Waals surface area (Å²) in [6.07, 6.45) is -12.7. The first-order valence-corrected chi connectivity index (χ1v) is 6.08. The summed E-state index contributed by atoms with van der Waals surface area (Å²) in [5, 5.41) is 0.116. The maximum Gasteiger partial charge on any atom is 0.415 e. The Morgan fingerprint density at radius 3 is 2.05 bits per heavy atom. The fraction of sp³-hybridized carbons (Fsp3) is 0.900. The predicted molar refractivity (Wildman–Crippen MR) is 55.1 cm³/mol. The van der Waals surface area contributed by atoms with E-state index in [1.165, 1.54) is 5.32 Å². The number of alkyl halides is 7. The number of nitrogens with one attached hydrogen (secondary N) is 1. The van der Waals surface area contributed by atoms with Crippen LogP contribution in [0, 0.1) is 5.92 Å². The van der Waals surface area contributed by atoms with Gasteiger partial charge in [0.25, 0.3) is 0 Å². The van der Waals surface area contributed by atoms with Crippen molar-refractivity contribution in [3.63, 3.8) is 0 Å².